The Morgan fingerprint density at radius 3 is 3.00 bits per heavy atom. The predicted molar refractivity (Wildman–Crippen MR) is 43.5 cm³/mol. The van der Waals surface area contributed by atoms with E-state index in [0.29, 0.717) is 12.8 Å². The van der Waals surface area contributed by atoms with Crippen molar-refractivity contribution in [1.29, 1.82) is 0 Å². The Kier molecular flexibility index (Phi) is 3.02. The zero-order chi connectivity index (χ0) is 8.97. The second-order valence-electron chi connectivity index (χ2n) is 2.79. The Balaban J connectivity index is 2.66. The van der Waals surface area contributed by atoms with E-state index >= 15 is 0 Å². The van der Waals surface area contributed by atoms with E-state index in [1.165, 1.54) is 7.11 Å². The van der Waals surface area contributed by atoms with Crippen LogP contribution in [0.2, 0.25) is 0 Å². The minimum atomic E-state index is -0.561. The van der Waals surface area contributed by atoms with Gasteiger partial charge in [-0.2, -0.15) is 0 Å². The molecular weight excluding hydrogens is 156 g/mol. The van der Waals surface area contributed by atoms with Gasteiger partial charge in [0.05, 0.1) is 7.11 Å². The number of hydrogen-bond donors (Lipinski definition) is 0. The van der Waals surface area contributed by atoms with Crippen molar-refractivity contribution in [2.45, 2.75) is 19.3 Å². The molecule has 0 aliphatic heterocycles. The number of ketones is 1. The average Bonchev–Trinajstić information content (AvgIpc) is 2.28. The quantitative estimate of drug-likeness (QED) is 0.334. The van der Waals surface area contributed by atoms with Crippen LogP contribution < -0.4 is 0 Å². The Labute approximate surface area is 71.4 Å². The number of ether oxygens (including phenoxy) is 1. The third-order valence-corrected chi connectivity index (χ3v) is 1.97. The average molecular weight is 168 g/mol. The number of carbonyl (C=O) groups excluding carboxylic acids is 2. The molecule has 0 N–H and O–H groups in total. The lowest BCUT2D eigenvalue weighted by atomic mass is 10.00. The Bertz CT molecular complexity index is 218. The highest BCUT2D eigenvalue weighted by atomic mass is 16.5. The third kappa shape index (κ3) is 1.94. The van der Waals surface area contributed by atoms with Gasteiger partial charge in [-0.25, -0.2) is 0 Å². The molecule has 12 heavy (non-hydrogen) atoms. The van der Waals surface area contributed by atoms with Crippen molar-refractivity contribution >= 4 is 11.8 Å². The molecule has 1 aliphatic rings. The lowest BCUT2D eigenvalue weighted by Gasteiger charge is -2.08. The van der Waals surface area contributed by atoms with Crippen LogP contribution in [0.25, 0.3) is 0 Å². The monoisotopic (exact) mass is 168 g/mol. The van der Waals surface area contributed by atoms with Crippen molar-refractivity contribution in [3.05, 3.63) is 12.2 Å². The van der Waals surface area contributed by atoms with E-state index in [-0.39, 0.29) is 5.78 Å². The largest absolute Gasteiger partial charge is 0.468 e. The molecule has 0 saturated carbocycles. The fraction of sp³-hybridized carbons (Fsp3) is 0.556. The first-order valence-electron chi connectivity index (χ1n) is 4.01. The smallest absolute Gasteiger partial charge is 0.316 e. The maximum absolute atomic E-state index is 11.3. The van der Waals surface area contributed by atoms with Gasteiger partial charge in [0.2, 0.25) is 0 Å². The van der Waals surface area contributed by atoms with E-state index in [4.69, 9.17) is 0 Å². The summed E-state index contributed by atoms with van der Waals surface area (Å²) in [6, 6.07) is 0. The molecule has 0 fully saturated rings. The lowest BCUT2D eigenvalue weighted by molar-refractivity contribution is -0.149. The normalized spacial score (nSPS) is 23.4. The van der Waals surface area contributed by atoms with Gasteiger partial charge in [-0.3, -0.25) is 9.59 Å². The first kappa shape index (κ1) is 8.97. The fourth-order valence-electron chi connectivity index (χ4n) is 1.25. The molecule has 3 heteroatoms. The highest BCUT2D eigenvalue weighted by Gasteiger charge is 2.26. The first-order chi connectivity index (χ1) is 5.75. The Morgan fingerprint density at radius 1 is 1.58 bits per heavy atom. The van der Waals surface area contributed by atoms with Crippen LogP contribution in [0, 0.1) is 5.92 Å². The zero-order valence-corrected chi connectivity index (χ0v) is 7.08. The highest BCUT2D eigenvalue weighted by Crippen LogP contribution is 2.15. The Morgan fingerprint density at radius 2 is 2.33 bits per heavy atom. The van der Waals surface area contributed by atoms with Crippen LogP contribution in [0.3, 0.4) is 0 Å². The van der Waals surface area contributed by atoms with Gasteiger partial charge in [-0.05, 0) is 12.8 Å². The molecule has 0 heterocycles. The van der Waals surface area contributed by atoms with Crippen LogP contribution in [-0.4, -0.2) is 18.9 Å². The van der Waals surface area contributed by atoms with E-state index in [0.717, 1.165) is 6.42 Å². The molecule has 3 nitrogen and oxygen atoms in total. The summed E-state index contributed by atoms with van der Waals surface area (Å²) in [5.41, 5.74) is 0. The van der Waals surface area contributed by atoms with Crippen molar-refractivity contribution < 1.29 is 14.3 Å². The second-order valence-corrected chi connectivity index (χ2v) is 2.79. The predicted octanol–water partition coefficient (Wildman–Crippen LogP) is 1.08. The minimum absolute atomic E-state index is 0.00755. The van der Waals surface area contributed by atoms with E-state index < -0.39 is 11.9 Å². The van der Waals surface area contributed by atoms with Crippen molar-refractivity contribution in [3.63, 3.8) is 0 Å². The van der Waals surface area contributed by atoms with Crippen molar-refractivity contribution in [2.75, 3.05) is 7.11 Å². The molecule has 1 atom stereocenters. The summed E-state index contributed by atoms with van der Waals surface area (Å²) in [6.45, 7) is 0. The number of esters is 1. The van der Waals surface area contributed by atoms with Gasteiger partial charge in [0.1, 0.15) is 11.7 Å². The molecule has 0 radical (unpaired) electrons. The van der Waals surface area contributed by atoms with Crippen LogP contribution >= 0.6 is 0 Å². The van der Waals surface area contributed by atoms with Crippen LogP contribution in [-0.2, 0) is 14.3 Å². The summed E-state index contributed by atoms with van der Waals surface area (Å²) < 4.78 is 4.52. The number of carbonyl (C=O) groups is 2. The van der Waals surface area contributed by atoms with Gasteiger partial charge in [-0.15, -0.1) is 0 Å². The van der Waals surface area contributed by atoms with E-state index in [2.05, 4.69) is 4.74 Å². The molecule has 0 amide bonds. The topological polar surface area (TPSA) is 43.4 Å². The summed E-state index contributed by atoms with van der Waals surface area (Å²) >= 11 is 0. The molecule has 0 unspecified atom stereocenters. The molecule has 0 spiro atoms. The molecule has 0 saturated heterocycles. The van der Waals surface area contributed by atoms with Gasteiger partial charge >= 0.3 is 5.97 Å². The standard InChI is InChI=1S/C9H12O3/c1-12-9(11)7-5-3-2-4-6-8(7)10/h2-3,7H,4-6H2,1H3/t7-/m0/s1. The van der Waals surface area contributed by atoms with E-state index in [9.17, 15) is 9.59 Å². The molecule has 0 aromatic carbocycles. The summed E-state index contributed by atoms with van der Waals surface area (Å²) in [6.07, 6.45) is 5.49. The summed E-state index contributed by atoms with van der Waals surface area (Å²) in [7, 11) is 1.31. The highest BCUT2D eigenvalue weighted by molar-refractivity contribution is 5.99. The summed E-state index contributed by atoms with van der Waals surface area (Å²) in [5, 5.41) is 0. The number of hydrogen-bond acceptors (Lipinski definition) is 3. The molecule has 0 aromatic rings. The lowest BCUT2D eigenvalue weighted by Crippen LogP contribution is -2.23. The number of allylic oxidation sites excluding steroid dienone is 2. The minimum Gasteiger partial charge on any atom is -0.468 e. The fourth-order valence-corrected chi connectivity index (χ4v) is 1.25. The molecular formula is C9H12O3. The first-order valence-corrected chi connectivity index (χ1v) is 4.01. The Hall–Kier alpha value is -1.12. The van der Waals surface area contributed by atoms with Gasteiger partial charge < -0.3 is 4.74 Å². The van der Waals surface area contributed by atoms with Gasteiger partial charge in [0.25, 0.3) is 0 Å². The summed E-state index contributed by atoms with van der Waals surface area (Å²) in [5.74, 6) is -0.979. The van der Waals surface area contributed by atoms with Crippen molar-refractivity contribution in [3.8, 4) is 0 Å². The molecule has 1 aliphatic carbocycles. The van der Waals surface area contributed by atoms with Crippen molar-refractivity contribution in [1.82, 2.24) is 0 Å². The third-order valence-electron chi connectivity index (χ3n) is 1.97. The molecule has 1 rings (SSSR count). The van der Waals surface area contributed by atoms with Gasteiger partial charge in [0.15, 0.2) is 0 Å². The number of rotatable bonds is 1. The van der Waals surface area contributed by atoms with E-state index in [1.807, 2.05) is 12.2 Å². The van der Waals surface area contributed by atoms with E-state index in [1.54, 1.807) is 0 Å². The van der Waals surface area contributed by atoms with Crippen LogP contribution in [0.4, 0.5) is 0 Å². The second kappa shape index (κ2) is 4.04. The SMILES string of the molecule is COC(=O)[C@H]1CC=CCCC1=O. The number of Topliss-reactive ketones (excluding diaryl/α,β-unsaturated/α-hetero) is 1. The van der Waals surface area contributed by atoms with Crippen molar-refractivity contribution in [2.24, 2.45) is 5.92 Å². The molecule has 0 bridgehead atoms. The summed E-state index contributed by atoms with van der Waals surface area (Å²) in [4.78, 5) is 22.3. The van der Waals surface area contributed by atoms with Crippen LogP contribution in [0.5, 0.6) is 0 Å². The number of methoxy groups -OCH3 is 1. The van der Waals surface area contributed by atoms with Crippen LogP contribution in [0.15, 0.2) is 12.2 Å². The molecule has 0 aromatic heterocycles. The maximum Gasteiger partial charge on any atom is 0.316 e. The van der Waals surface area contributed by atoms with Gasteiger partial charge in [-0.1, -0.05) is 12.2 Å². The zero-order valence-electron chi connectivity index (χ0n) is 7.08. The van der Waals surface area contributed by atoms with Crippen LogP contribution in [0.1, 0.15) is 19.3 Å². The van der Waals surface area contributed by atoms with Gasteiger partial charge in [0, 0.05) is 6.42 Å². The maximum atomic E-state index is 11.3. The molecule has 66 valence electrons.